The lowest BCUT2D eigenvalue weighted by Gasteiger charge is -2.22. The highest BCUT2D eigenvalue weighted by Crippen LogP contribution is 2.14. The molecule has 0 saturated heterocycles. The standard InChI is InChI=1S/C9H14N.H3N/c1-10(2,3)9-7-5-4-6-8-9;/h4-8H,1-3H3;1H3/q+1;. The third-order valence-electron chi connectivity index (χ3n) is 1.53. The van der Waals surface area contributed by atoms with E-state index in [0.29, 0.717) is 0 Å². The number of para-hydroxylation sites is 1. The molecule has 0 fully saturated rings. The summed E-state index contributed by atoms with van der Waals surface area (Å²) in [5, 5.41) is 0. The number of rotatable bonds is 1. The van der Waals surface area contributed by atoms with Gasteiger partial charge in [0.25, 0.3) is 0 Å². The molecule has 0 aliphatic carbocycles. The molecular formula is C9H17N2+. The molecule has 0 unspecified atom stereocenters. The monoisotopic (exact) mass is 153 g/mol. The van der Waals surface area contributed by atoms with Gasteiger partial charge in [-0.15, -0.1) is 0 Å². The van der Waals surface area contributed by atoms with Gasteiger partial charge < -0.3 is 6.15 Å². The second kappa shape index (κ2) is 3.51. The van der Waals surface area contributed by atoms with Crippen molar-refractivity contribution >= 4 is 5.69 Å². The van der Waals surface area contributed by atoms with E-state index in [1.54, 1.807) is 0 Å². The van der Waals surface area contributed by atoms with Gasteiger partial charge in [0.05, 0.1) is 21.1 Å². The van der Waals surface area contributed by atoms with E-state index in [2.05, 4.69) is 45.4 Å². The van der Waals surface area contributed by atoms with Crippen LogP contribution < -0.4 is 10.6 Å². The molecule has 62 valence electrons. The van der Waals surface area contributed by atoms with Crippen LogP contribution in [0.3, 0.4) is 0 Å². The number of hydrogen-bond donors (Lipinski definition) is 1. The summed E-state index contributed by atoms with van der Waals surface area (Å²) in [7, 11) is 6.49. The maximum atomic E-state index is 2.16. The van der Waals surface area contributed by atoms with Crippen LogP contribution in [0.15, 0.2) is 30.3 Å². The summed E-state index contributed by atoms with van der Waals surface area (Å²) in [5.74, 6) is 0. The quantitative estimate of drug-likeness (QED) is 0.616. The van der Waals surface area contributed by atoms with E-state index < -0.39 is 0 Å². The summed E-state index contributed by atoms with van der Waals surface area (Å²) < 4.78 is 0.890. The molecule has 0 spiro atoms. The highest BCUT2D eigenvalue weighted by atomic mass is 15.3. The van der Waals surface area contributed by atoms with E-state index in [0.717, 1.165) is 4.48 Å². The Kier molecular flexibility index (Phi) is 3.23. The molecule has 3 N–H and O–H groups in total. The minimum absolute atomic E-state index is 0. The van der Waals surface area contributed by atoms with E-state index in [4.69, 9.17) is 0 Å². The van der Waals surface area contributed by atoms with Crippen LogP contribution in [0.4, 0.5) is 5.69 Å². The minimum atomic E-state index is 0. The van der Waals surface area contributed by atoms with Crippen LogP contribution in [0, 0.1) is 0 Å². The molecule has 0 atom stereocenters. The van der Waals surface area contributed by atoms with Gasteiger partial charge in [-0.2, -0.15) is 0 Å². The normalized spacial score (nSPS) is 10.5. The first-order valence-electron chi connectivity index (χ1n) is 3.48. The van der Waals surface area contributed by atoms with E-state index in [1.165, 1.54) is 5.69 Å². The maximum Gasteiger partial charge on any atom is 0.132 e. The van der Waals surface area contributed by atoms with Crippen molar-refractivity contribution in [2.75, 3.05) is 21.1 Å². The molecule has 0 amide bonds. The minimum Gasteiger partial charge on any atom is -0.344 e. The Morgan fingerprint density at radius 3 is 1.64 bits per heavy atom. The molecule has 2 heteroatoms. The Bertz CT molecular complexity index is 199. The van der Waals surface area contributed by atoms with Crippen molar-refractivity contribution in [2.45, 2.75) is 0 Å². The average molecular weight is 153 g/mol. The van der Waals surface area contributed by atoms with Crippen molar-refractivity contribution in [1.82, 2.24) is 10.6 Å². The molecule has 0 bridgehead atoms. The fourth-order valence-electron chi connectivity index (χ4n) is 0.875. The topological polar surface area (TPSA) is 35.0 Å². The molecule has 0 heterocycles. The molecule has 0 saturated carbocycles. The Morgan fingerprint density at radius 1 is 0.909 bits per heavy atom. The third kappa shape index (κ3) is 2.70. The predicted molar refractivity (Wildman–Crippen MR) is 51.0 cm³/mol. The Morgan fingerprint density at radius 2 is 1.36 bits per heavy atom. The number of benzene rings is 1. The molecule has 1 aromatic rings. The van der Waals surface area contributed by atoms with Gasteiger partial charge in [-0.25, -0.2) is 0 Å². The highest BCUT2D eigenvalue weighted by molar-refractivity contribution is 5.40. The summed E-state index contributed by atoms with van der Waals surface area (Å²) in [6, 6.07) is 10.5. The van der Waals surface area contributed by atoms with Crippen molar-refractivity contribution in [3.63, 3.8) is 0 Å². The fraction of sp³-hybridized carbons (Fsp3) is 0.333. The molecule has 0 aliphatic rings. The number of quaternary nitrogens is 1. The van der Waals surface area contributed by atoms with Gasteiger partial charge in [0.15, 0.2) is 0 Å². The molecule has 0 radical (unpaired) electrons. The van der Waals surface area contributed by atoms with Crippen molar-refractivity contribution < 1.29 is 0 Å². The summed E-state index contributed by atoms with van der Waals surface area (Å²) in [6.07, 6.45) is 0. The zero-order chi connectivity index (χ0) is 7.61. The van der Waals surface area contributed by atoms with Gasteiger partial charge in [0, 0.05) is 0 Å². The van der Waals surface area contributed by atoms with Gasteiger partial charge >= 0.3 is 0 Å². The Balaban J connectivity index is 0.000001000. The lowest BCUT2D eigenvalue weighted by molar-refractivity contribution is 0.486. The van der Waals surface area contributed by atoms with E-state index in [1.807, 2.05) is 6.07 Å². The van der Waals surface area contributed by atoms with Gasteiger partial charge in [0.2, 0.25) is 0 Å². The third-order valence-corrected chi connectivity index (χ3v) is 1.53. The molecule has 11 heavy (non-hydrogen) atoms. The fourth-order valence-corrected chi connectivity index (χ4v) is 0.875. The first kappa shape index (κ1) is 10.1. The van der Waals surface area contributed by atoms with Crippen LogP contribution >= 0.6 is 0 Å². The Hall–Kier alpha value is -0.860. The second-order valence-corrected chi connectivity index (χ2v) is 3.35. The van der Waals surface area contributed by atoms with Crippen molar-refractivity contribution in [2.24, 2.45) is 0 Å². The highest BCUT2D eigenvalue weighted by Gasteiger charge is 2.08. The molecule has 0 aromatic heterocycles. The van der Waals surface area contributed by atoms with Crippen LogP contribution in [0.2, 0.25) is 0 Å². The van der Waals surface area contributed by atoms with Gasteiger partial charge in [0.1, 0.15) is 5.69 Å². The van der Waals surface area contributed by atoms with Crippen LogP contribution in [0.5, 0.6) is 0 Å². The van der Waals surface area contributed by atoms with E-state index in [9.17, 15) is 0 Å². The van der Waals surface area contributed by atoms with Crippen LogP contribution in [0.1, 0.15) is 0 Å². The molecular weight excluding hydrogens is 136 g/mol. The van der Waals surface area contributed by atoms with Crippen molar-refractivity contribution in [3.8, 4) is 0 Å². The zero-order valence-electron chi connectivity index (χ0n) is 7.54. The smallest absolute Gasteiger partial charge is 0.132 e. The largest absolute Gasteiger partial charge is 0.344 e. The number of hydrogen-bond acceptors (Lipinski definition) is 1. The van der Waals surface area contributed by atoms with Crippen LogP contribution in [-0.4, -0.2) is 21.1 Å². The predicted octanol–water partition coefficient (Wildman–Crippen LogP) is 2.05. The zero-order valence-corrected chi connectivity index (χ0v) is 7.54. The average Bonchev–Trinajstić information content (AvgIpc) is 1.88. The molecule has 2 nitrogen and oxygen atoms in total. The SMILES string of the molecule is C[N+](C)(C)c1ccccc1.N. The van der Waals surface area contributed by atoms with Gasteiger partial charge in [-0.05, 0) is 12.1 Å². The van der Waals surface area contributed by atoms with Crippen LogP contribution in [0.25, 0.3) is 0 Å². The summed E-state index contributed by atoms with van der Waals surface area (Å²) in [5.41, 5.74) is 1.34. The van der Waals surface area contributed by atoms with Gasteiger partial charge in [-0.3, -0.25) is 4.48 Å². The second-order valence-electron chi connectivity index (χ2n) is 3.35. The van der Waals surface area contributed by atoms with E-state index in [-0.39, 0.29) is 6.15 Å². The molecule has 0 aliphatic heterocycles. The summed E-state index contributed by atoms with van der Waals surface area (Å²) in [6.45, 7) is 0. The maximum absolute atomic E-state index is 2.16. The Labute approximate surface area is 68.6 Å². The van der Waals surface area contributed by atoms with Crippen LogP contribution in [-0.2, 0) is 0 Å². The lowest BCUT2D eigenvalue weighted by Crippen LogP contribution is -2.34. The van der Waals surface area contributed by atoms with Crippen molar-refractivity contribution in [3.05, 3.63) is 30.3 Å². The van der Waals surface area contributed by atoms with E-state index >= 15 is 0 Å². The number of nitrogens with zero attached hydrogens (tertiary/aromatic N) is 1. The first-order chi connectivity index (χ1) is 4.61. The lowest BCUT2D eigenvalue weighted by atomic mass is 10.3. The molecule has 1 rings (SSSR count). The summed E-state index contributed by atoms with van der Waals surface area (Å²) in [4.78, 5) is 0. The van der Waals surface area contributed by atoms with Gasteiger partial charge in [-0.1, -0.05) is 18.2 Å². The van der Waals surface area contributed by atoms with Crippen molar-refractivity contribution in [1.29, 1.82) is 0 Å². The molecule has 1 aromatic carbocycles. The summed E-state index contributed by atoms with van der Waals surface area (Å²) >= 11 is 0. The first-order valence-corrected chi connectivity index (χ1v) is 3.48.